The zero-order valence-electron chi connectivity index (χ0n) is 14.9. The third-order valence-electron chi connectivity index (χ3n) is 5.00. The lowest BCUT2D eigenvalue weighted by Crippen LogP contribution is -2.33. The minimum atomic E-state index is -0.212. The van der Waals surface area contributed by atoms with Gasteiger partial charge >= 0.3 is 0 Å². The number of aryl methyl sites for hydroxylation is 1. The van der Waals surface area contributed by atoms with Crippen LogP contribution in [0.4, 0.5) is 5.69 Å². The summed E-state index contributed by atoms with van der Waals surface area (Å²) >= 11 is 0. The number of fused-ring (bicyclic) bond motifs is 1. The van der Waals surface area contributed by atoms with Gasteiger partial charge in [-0.05, 0) is 43.7 Å². The van der Waals surface area contributed by atoms with Crippen LogP contribution in [0, 0.1) is 30.6 Å². The van der Waals surface area contributed by atoms with Gasteiger partial charge in [-0.25, -0.2) is 0 Å². The Balaban J connectivity index is 0.000000471. The topological polar surface area (TPSA) is 37.4 Å². The Morgan fingerprint density at radius 2 is 1.67 bits per heavy atom. The number of carbonyl (C=O) groups is 2. The molecular weight excluding hydrogens is 298 g/mol. The number of anilines is 1. The van der Waals surface area contributed by atoms with E-state index >= 15 is 0 Å². The molecule has 1 aliphatic heterocycles. The molecule has 0 aromatic heterocycles. The second-order valence-electron chi connectivity index (χ2n) is 6.71. The molecule has 1 saturated heterocycles. The van der Waals surface area contributed by atoms with Crippen molar-refractivity contribution in [3.63, 3.8) is 0 Å². The summed E-state index contributed by atoms with van der Waals surface area (Å²) in [7, 11) is 0. The molecule has 2 aliphatic rings. The predicted octanol–water partition coefficient (Wildman–Crippen LogP) is 4.53. The van der Waals surface area contributed by atoms with Crippen LogP contribution in [0.3, 0.4) is 0 Å². The second kappa shape index (κ2) is 7.61. The first-order valence-corrected chi connectivity index (χ1v) is 8.64. The highest BCUT2D eigenvalue weighted by Gasteiger charge is 2.56. The first kappa shape index (κ1) is 18.2. The number of carbonyl (C=O) groups excluding carboxylic acids is 2. The van der Waals surface area contributed by atoms with Crippen LogP contribution < -0.4 is 4.90 Å². The van der Waals surface area contributed by atoms with Gasteiger partial charge in [0.25, 0.3) is 0 Å². The number of allylic oxidation sites excluding steroid dienone is 2. The fraction of sp³-hybridized carbons (Fsp3) is 0.429. The van der Waals surface area contributed by atoms with E-state index in [1.54, 1.807) is 0 Å². The van der Waals surface area contributed by atoms with E-state index in [1.165, 1.54) is 4.90 Å². The molecule has 4 unspecified atom stereocenters. The molecule has 1 saturated carbocycles. The van der Waals surface area contributed by atoms with Crippen LogP contribution in [0.2, 0.25) is 0 Å². The highest BCUT2D eigenvalue weighted by atomic mass is 16.2. The van der Waals surface area contributed by atoms with Crippen molar-refractivity contribution in [1.82, 2.24) is 0 Å². The largest absolute Gasteiger partial charge is 0.274 e. The molecule has 1 aromatic rings. The standard InChI is InChI=1S/C17H19NO2.C4H8/c1-4-12-9-11(3)14-15(12)17(20)18(16(14)19)13-7-5-10(2)6-8-13;1-3-4-2/h4-8,11-12,14-15H,1,9H2,2-3H3;3H,1,4H2,2H3. The molecule has 2 amide bonds. The quantitative estimate of drug-likeness (QED) is 0.605. The van der Waals surface area contributed by atoms with Gasteiger partial charge in [0.2, 0.25) is 11.8 Å². The molecule has 24 heavy (non-hydrogen) atoms. The van der Waals surface area contributed by atoms with Crippen molar-refractivity contribution < 1.29 is 9.59 Å². The summed E-state index contributed by atoms with van der Waals surface area (Å²) in [5.74, 6) is -0.112. The number of benzene rings is 1. The predicted molar refractivity (Wildman–Crippen MR) is 98.6 cm³/mol. The average molecular weight is 325 g/mol. The van der Waals surface area contributed by atoms with Gasteiger partial charge in [0, 0.05) is 0 Å². The third kappa shape index (κ3) is 3.21. The van der Waals surface area contributed by atoms with Gasteiger partial charge in [-0.15, -0.1) is 13.2 Å². The van der Waals surface area contributed by atoms with Crippen molar-refractivity contribution in [2.45, 2.75) is 33.6 Å². The van der Waals surface area contributed by atoms with Crippen molar-refractivity contribution in [2.24, 2.45) is 23.7 Å². The van der Waals surface area contributed by atoms with Gasteiger partial charge < -0.3 is 0 Å². The van der Waals surface area contributed by atoms with Crippen LogP contribution in [0.25, 0.3) is 0 Å². The molecule has 3 nitrogen and oxygen atoms in total. The lowest BCUT2D eigenvalue weighted by atomic mass is 9.90. The van der Waals surface area contributed by atoms with Crippen LogP contribution in [0.5, 0.6) is 0 Å². The maximum absolute atomic E-state index is 12.7. The summed E-state index contributed by atoms with van der Waals surface area (Å²) in [6.45, 7) is 13.4. The maximum Gasteiger partial charge on any atom is 0.238 e. The zero-order valence-corrected chi connectivity index (χ0v) is 14.9. The van der Waals surface area contributed by atoms with Crippen molar-refractivity contribution in [2.75, 3.05) is 4.90 Å². The summed E-state index contributed by atoms with van der Waals surface area (Å²) < 4.78 is 0. The van der Waals surface area contributed by atoms with Gasteiger partial charge in [-0.2, -0.15) is 0 Å². The van der Waals surface area contributed by atoms with Crippen molar-refractivity contribution >= 4 is 17.5 Å². The maximum atomic E-state index is 12.7. The summed E-state index contributed by atoms with van der Waals surface area (Å²) in [6, 6.07) is 7.55. The van der Waals surface area contributed by atoms with Crippen LogP contribution in [-0.4, -0.2) is 11.8 Å². The Labute approximate surface area is 145 Å². The minimum absolute atomic E-state index is 0.0410. The Bertz CT molecular complexity index is 632. The molecule has 3 heteroatoms. The molecule has 3 rings (SSSR count). The first-order valence-electron chi connectivity index (χ1n) is 8.64. The van der Waals surface area contributed by atoms with Crippen LogP contribution in [0.1, 0.15) is 32.3 Å². The van der Waals surface area contributed by atoms with Gasteiger partial charge in [0.1, 0.15) is 0 Å². The fourth-order valence-electron chi connectivity index (χ4n) is 3.67. The Hall–Kier alpha value is -2.16. The van der Waals surface area contributed by atoms with Gasteiger partial charge in [-0.3, -0.25) is 14.5 Å². The molecule has 2 fully saturated rings. The molecule has 128 valence electrons. The van der Waals surface area contributed by atoms with E-state index in [0.717, 1.165) is 18.4 Å². The normalized spacial score (nSPS) is 28.2. The van der Waals surface area contributed by atoms with Crippen molar-refractivity contribution in [1.29, 1.82) is 0 Å². The number of hydrogen-bond donors (Lipinski definition) is 0. The minimum Gasteiger partial charge on any atom is -0.274 e. The molecule has 0 spiro atoms. The number of imide groups is 1. The van der Waals surface area contributed by atoms with Crippen LogP contribution in [0.15, 0.2) is 49.6 Å². The third-order valence-corrected chi connectivity index (χ3v) is 5.00. The lowest BCUT2D eigenvalue weighted by molar-refractivity contribution is -0.123. The van der Waals surface area contributed by atoms with E-state index in [0.29, 0.717) is 5.69 Å². The van der Waals surface area contributed by atoms with Gasteiger partial charge in [0.15, 0.2) is 0 Å². The smallest absolute Gasteiger partial charge is 0.238 e. The summed E-state index contributed by atoms with van der Waals surface area (Å²) in [5, 5.41) is 0. The van der Waals surface area contributed by atoms with E-state index in [1.807, 2.05) is 43.3 Å². The summed E-state index contributed by atoms with van der Waals surface area (Å²) in [4.78, 5) is 26.7. The zero-order chi connectivity index (χ0) is 17.9. The molecule has 1 aliphatic carbocycles. The summed E-state index contributed by atoms with van der Waals surface area (Å²) in [5.41, 5.74) is 1.81. The van der Waals surface area contributed by atoms with E-state index in [4.69, 9.17) is 0 Å². The molecule has 1 heterocycles. The monoisotopic (exact) mass is 325 g/mol. The van der Waals surface area contributed by atoms with E-state index in [9.17, 15) is 9.59 Å². The molecule has 4 atom stereocenters. The van der Waals surface area contributed by atoms with Crippen LogP contribution >= 0.6 is 0 Å². The fourth-order valence-corrected chi connectivity index (χ4v) is 3.67. The molecule has 0 N–H and O–H groups in total. The van der Waals surface area contributed by atoms with E-state index in [2.05, 4.69) is 27.0 Å². The summed E-state index contributed by atoms with van der Waals surface area (Å²) in [6.07, 6.45) is 5.68. The van der Waals surface area contributed by atoms with E-state index in [-0.39, 0.29) is 35.5 Å². The van der Waals surface area contributed by atoms with Crippen molar-refractivity contribution in [3.8, 4) is 0 Å². The average Bonchev–Trinajstić information content (AvgIpc) is 3.05. The highest BCUT2D eigenvalue weighted by molar-refractivity contribution is 6.22. The Morgan fingerprint density at radius 3 is 2.17 bits per heavy atom. The van der Waals surface area contributed by atoms with E-state index < -0.39 is 0 Å². The second-order valence-corrected chi connectivity index (χ2v) is 6.71. The lowest BCUT2D eigenvalue weighted by Gasteiger charge is -2.18. The van der Waals surface area contributed by atoms with Crippen molar-refractivity contribution in [3.05, 3.63) is 55.1 Å². The SMILES string of the molecule is C=CC1CC(C)C2C(=O)N(c3ccc(C)cc3)C(=O)C12.C=CCC. The van der Waals surface area contributed by atoms with Gasteiger partial charge in [0.05, 0.1) is 17.5 Å². The Morgan fingerprint density at radius 1 is 1.12 bits per heavy atom. The molecule has 1 aromatic carbocycles. The molecule has 0 radical (unpaired) electrons. The Kier molecular flexibility index (Phi) is 5.76. The number of amides is 2. The number of rotatable bonds is 3. The molecular formula is C21H27NO2. The van der Waals surface area contributed by atoms with Crippen LogP contribution in [-0.2, 0) is 9.59 Å². The van der Waals surface area contributed by atoms with Gasteiger partial charge in [-0.1, -0.05) is 43.7 Å². The number of hydrogen-bond acceptors (Lipinski definition) is 2. The molecule has 0 bridgehead atoms. The number of nitrogens with zero attached hydrogens (tertiary/aromatic N) is 1. The highest BCUT2D eigenvalue weighted by Crippen LogP contribution is 2.48. The first-order chi connectivity index (χ1) is 11.5.